The van der Waals surface area contributed by atoms with Crippen molar-refractivity contribution >= 4 is 11.7 Å². The Morgan fingerprint density at radius 1 is 1.09 bits per heavy atom. The lowest BCUT2D eigenvalue weighted by Gasteiger charge is -2.15. The van der Waals surface area contributed by atoms with Crippen LogP contribution in [0.3, 0.4) is 0 Å². The van der Waals surface area contributed by atoms with Gasteiger partial charge in [-0.1, -0.05) is 29.8 Å². The van der Waals surface area contributed by atoms with Gasteiger partial charge in [-0.2, -0.15) is 0 Å². The van der Waals surface area contributed by atoms with Gasteiger partial charge >= 0.3 is 6.03 Å². The van der Waals surface area contributed by atoms with Gasteiger partial charge in [0.15, 0.2) is 11.5 Å². The van der Waals surface area contributed by atoms with Crippen LogP contribution in [0.1, 0.15) is 24.1 Å². The molecule has 0 aromatic heterocycles. The van der Waals surface area contributed by atoms with Crippen molar-refractivity contribution in [3.63, 3.8) is 0 Å². The highest BCUT2D eigenvalue weighted by Crippen LogP contribution is 2.34. The molecule has 1 atom stereocenters. The Kier molecular flexibility index (Phi) is 3.87. The Bertz CT molecular complexity index is 683. The quantitative estimate of drug-likeness (QED) is 0.910. The van der Waals surface area contributed by atoms with Crippen LogP contribution < -0.4 is 20.1 Å². The van der Waals surface area contributed by atoms with E-state index in [1.54, 1.807) is 18.2 Å². The second-order valence-corrected chi connectivity index (χ2v) is 5.30. The molecule has 0 saturated carbocycles. The second kappa shape index (κ2) is 5.97. The van der Waals surface area contributed by atoms with Crippen molar-refractivity contribution in [1.29, 1.82) is 0 Å². The van der Waals surface area contributed by atoms with E-state index in [-0.39, 0.29) is 18.9 Å². The molecule has 1 heterocycles. The van der Waals surface area contributed by atoms with Crippen LogP contribution in [0.25, 0.3) is 0 Å². The lowest BCUT2D eigenvalue weighted by atomic mass is 10.1. The number of hydrogen-bond acceptors (Lipinski definition) is 3. The zero-order valence-corrected chi connectivity index (χ0v) is 12.6. The number of ether oxygens (including phenoxy) is 2. The number of rotatable bonds is 3. The molecule has 0 fully saturated rings. The van der Waals surface area contributed by atoms with Gasteiger partial charge < -0.3 is 20.1 Å². The standard InChI is InChI=1S/C17H18N2O3/c1-11-3-5-13(6-4-11)12(2)18-17(20)19-14-7-8-15-16(9-14)22-10-21-15/h3-9,12H,10H2,1-2H3,(H2,18,19,20)/t12-/m1/s1. The smallest absolute Gasteiger partial charge is 0.319 e. The molecule has 2 aromatic carbocycles. The SMILES string of the molecule is Cc1ccc([C@@H](C)NC(=O)Nc2ccc3c(c2)OCO3)cc1. The third-order valence-corrected chi connectivity index (χ3v) is 3.56. The maximum Gasteiger partial charge on any atom is 0.319 e. The Labute approximate surface area is 129 Å². The number of carbonyl (C=O) groups excluding carboxylic acids is 1. The zero-order valence-electron chi connectivity index (χ0n) is 12.6. The summed E-state index contributed by atoms with van der Waals surface area (Å²) in [5.41, 5.74) is 2.92. The number of anilines is 1. The van der Waals surface area contributed by atoms with Gasteiger partial charge in [0.2, 0.25) is 6.79 Å². The molecule has 0 spiro atoms. The molecule has 5 heteroatoms. The van der Waals surface area contributed by atoms with Gasteiger partial charge in [0, 0.05) is 11.8 Å². The van der Waals surface area contributed by atoms with Crippen LogP contribution in [0.5, 0.6) is 11.5 Å². The van der Waals surface area contributed by atoms with Crippen LogP contribution in [-0.4, -0.2) is 12.8 Å². The average Bonchev–Trinajstić information content (AvgIpc) is 2.95. The Balaban J connectivity index is 1.61. The number of carbonyl (C=O) groups is 1. The number of urea groups is 1. The zero-order chi connectivity index (χ0) is 15.5. The molecule has 2 aromatic rings. The van der Waals surface area contributed by atoms with E-state index in [1.807, 2.05) is 38.1 Å². The summed E-state index contributed by atoms with van der Waals surface area (Å²) in [6, 6.07) is 13.1. The Hall–Kier alpha value is -2.69. The lowest BCUT2D eigenvalue weighted by molar-refractivity contribution is 0.174. The summed E-state index contributed by atoms with van der Waals surface area (Å²) in [4.78, 5) is 12.1. The van der Waals surface area contributed by atoms with Gasteiger partial charge in [-0.3, -0.25) is 0 Å². The highest BCUT2D eigenvalue weighted by Gasteiger charge is 2.15. The molecule has 5 nitrogen and oxygen atoms in total. The van der Waals surface area contributed by atoms with E-state index >= 15 is 0 Å². The fraction of sp³-hybridized carbons (Fsp3) is 0.235. The van der Waals surface area contributed by atoms with E-state index in [2.05, 4.69) is 10.6 Å². The first-order valence-corrected chi connectivity index (χ1v) is 7.15. The minimum Gasteiger partial charge on any atom is -0.454 e. The van der Waals surface area contributed by atoms with Crippen LogP contribution >= 0.6 is 0 Å². The number of nitrogens with one attached hydrogen (secondary N) is 2. The number of benzene rings is 2. The number of amides is 2. The summed E-state index contributed by atoms with van der Waals surface area (Å²) in [7, 11) is 0. The fourth-order valence-corrected chi connectivity index (χ4v) is 2.28. The first-order chi connectivity index (χ1) is 10.6. The molecule has 114 valence electrons. The first-order valence-electron chi connectivity index (χ1n) is 7.15. The topological polar surface area (TPSA) is 59.6 Å². The minimum absolute atomic E-state index is 0.0744. The van der Waals surface area contributed by atoms with E-state index in [0.717, 1.165) is 5.56 Å². The molecule has 1 aliphatic rings. The van der Waals surface area contributed by atoms with E-state index in [9.17, 15) is 4.79 Å². The minimum atomic E-state index is -0.257. The van der Waals surface area contributed by atoms with E-state index < -0.39 is 0 Å². The summed E-state index contributed by atoms with van der Waals surface area (Å²) < 4.78 is 10.5. The van der Waals surface area contributed by atoms with Crippen molar-refractivity contribution in [3.8, 4) is 11.5 Å². The summed E-state index contributed by atoms with van der Waals surface area (Å²) in [6.07, 6.45) is 0. The van der Waals surface area contributed by atoms with Crippen LogP contribution in [-0.2, 0) is 0 Å². The summed E-state index contributed by atoms with van der Waals surface area (Å²) in [5.74, 6) is 1.34. The predicted octanol–water partition coefficient (Wildman–Crippen LogP) is 3.61. The maximum atomic E-state index is 12.1. The van der Waals surface area contributed by atoms with Gasteiger partial charge in [-0.25, -0.2) is 4.79 Å². The van der Waals surface area contributed by atoms with E-state index in [4.69, 9.17) is 9.47 Å². The third-order valence-electron chi connectivity index (χ3n) is 3.56. The van der Waals surface area contributed by atoms with Crippen LogP contribution in [0.15, 0.2) is 42.5 Å². The monoisotopic (exact) mass is 298 g/mol. The van der Waals surface area contributed by atoms with Crippen molar-refractivity contribution < 1.29 is 14.3 Å². The molecular weight excluding hydrogens is 280 g/mol. The van der Waals surface area contributed by atoms with Gasteiger partial charge in [0.05, 0.1) is 6.04 Å². The normalized spacial score (nSPS) is 13.5. The molecule has 1 aliphatic heterocycles. The van der Waals surface area contributed by atoms with Gasteiger partial charge in [0.1, 0.15) is 0 Å². The molecule has 0 bridgehead atoms. The van der Waals surface area contributed by atoms with Gasteiger partial charge in [-0.15, -0.1) is 0 Å². The fourth-order valence-electron chi connectivity index (χ4n) is 2.28. The molecule has 0 aliphatic carbocycles. The largest absolute Gasteiger partial charge is 0.454 e. The highest BCUT2D eigenvalue weighted by atomic mass is 16.7. The number of aryl methyl sites for hydroxylation is 1. The van der Waals surface area contributed by atoms with Crippen LogP contribution in [0.4, 0.5) is 10.5 Å². The summed E-state index contributed by atoms with van der Waals surface area (Å²) in [5, 5.41) is 5.71. The Morgan fingerprint density at radius 3 is 2.59 bits per heavy atom. The van der Waals surface area contributed by atoms with Crippen molar-refractivity contribution in [2.45, 2.75) is 19.9 Å². The molecule has 0 unspecified atom stereocenters. The molecule has 22 heavy (non-hydrogen) atoms. The van der Waals surface area contributed by atoms with E-state index in [1.165, 1.54) is 5.56 Å². The third kappa shape index (κ3) is 3.14. The van der Waals surface area contributed by atoms with Gasteiger partial charge in [-0.05, 0) is 31.5 Å². The molecular formula is C17H18N2O3. The molecule has 0 saturated heterocycles. The van der Waals surface area contributed by atoms with Crippen molar-refractivity contribution in [1.82, 2.24) is 5.32 Å². The predicted molar refractivity (Wildman–Crippen MR) is 84.3 cm³/mol. The second-order valence-electron chi connectivity index (χ2n) is 5.30. The van der Waals surface area contributed by atoms with Crippen molar-refractivity contribution in [2.75, 3.05) is 12.1 Å². The average molecular weight is 298 g/mol. The maximum absolute atomic E-state index is 12.1. The van der Waals surface area contributed by atoms with E-state index in [0.29, 0.717) is 17.2 Å². The van der Waals surface area contributed by atoms with Crippen molar-refractivity contribution in [3.05, 3.63) is 53.6 Å². The van der Waals surface area contributed by atoms with Gasteiger partial charge in [0.25, 0.3) is 0 Å². The molecule has 2 N–H and O–H groups in total. The number of hydrogen-bond donors (Lipinski definition) is 2. The molecule has 3 rings (SSSR count). The molecule has 0 radical (unpaired) electrons. The Morgan fingerprint density at radius 2 is 1.82 bits per heavy atom. The van der Waals surface area contributed by atoms with Crippen LogP contribution in [0.2, 0.25) is 0 Å². The van der Waals surface area contributed by atoms with Crippen molar-refractivity contribution in [2.24, 2.45) is 0 Å². The molecule has 2 amide bonds. The summed E-state index contributed by atoms with van der Waals surface area (Å²) in [6.45, 7) is 4.20. The van der Waals surface area contributed by atoms with Crippen LogP contribution in [0, 0.1) is 6.92 Å². The lowest BCUT2D eigenvalue weighted by Crippen LogP contribution is -2.31. The highest BCUT2D eigenvalue weighted by molar-refractivity contribution is 5.90. The first kappa shape index (κ1) is 14.3. The number of fused-ring (bicyclic) bond motifs is 1. The summed E-state index contributed by atoms with van der Waals surface area (Å²) >= 11 is 0.